The molecular weight excluding hydrogens is 913 g/mol. The van der Waals surface area contributed by atoms with E-state index in [1.54, 1.807) is 104 Å². The number of benzene rings is 5. The van der Waals surface area contributed by atoms with Gasteiger partial charge in [-0.05, 0) is 110 Å². The Balaban J connectivity index is 0.000000312. The second kappa shape index (κ2) is 29.7. The quantitative estimate of drug-likeness (QED) is 0.0342. The van der Waals surface area contributed by atoms with E-state index in [0.29, 0.717) is 24.3 Å². The molecule has 16 nitrogen and oxygen atoms in total. The van der Waals surface area contributed by atoms with Crippen LogP contribution >= 0.6 is 0 Å². The van der Waals surface area contributed by atoms with E-state index < -0.39 is 36.0 Å². The number of carbonyl (C=O) groups excluding carboxylic acids is 8. The smallest absolute Gasteiger partial charge is 0.329 e. The molecule has 0 saturated heterocycles. The van der Waals surface area contributed by atoms with Crippen molar-refractivity contribution < 1.29 is 67.5 Å². The van der Waals surface area contributed by atoms with Gasteiger partial charge < -0.3 is 49.4 Å². The lowest BCUT2D eigenvalue weighted by molar-refractivity contribution is -0.149. The van der Waals surface area contributed by atoms with Crippen LogP contribution in [0.15, 0.2) is 127 Å². The van der Waals surface area contributed by atoms with Crippen molar-refractivity contribution in [3.8, 4) is 23.0 Å². The van der Waals surface area contributed by atoms with Crippen molar-refractivity contribution in [1.29, 1.82) is 0 Å². The van der Waals surface area contributed by atoms with Crippen LogP contribution in [0.3, 0.4) is 0 Å². The van der Waals surface area contributed by atoms with E-state index in [2.05, 4.69) is 10.6 Å². The number of aryl methyl sites for hydroxylation is 2. The molecule has 5 rings (SSSR count). The molecule has 16 heteroatoms. The van der Waals surface area contributed by atoms with Gasteiger partial charge in [0.1, 0.15) is 53.3 Å². The number of amides is 2. The molecule has 5 aromatic carbocycles. The molecule has 71 heavy (non-hydrogen) atoms. The Hall–Kier alpha value is -8.14. The van der Waals surface area contributed by atoms with Crippen LogP contribution in [0.1, 0.15) is 87.1 Å². The molecule has 2 atom stereocenters. The molecule has 2 unspecified atom stereocenters. The maximum atomic E-state index is 12.9. The summed E-state index contributed by atoms with van der Waals surface area (Å²) in [7, 11) is 0. The van der Waals surface area contributed by atoms with E-state index in [1.165, 1.54) is 13.8 Å². The van der Waals surface area contributed by atoms with Gasteiger partial charge in [0.05, 0.1) is 19.4 Å². The second-order valence-corrected chi connectivity index (χ2v) is 16.5. The molecule has 0 aliphatic heterocycles. The number of ether oxygens (including phenoxy) is 4. The highest BCUT2D eigenvalue weighted by Crippen LogP contribution is 2.18. The van der Waals surface area contributed by atoms with Gasteiger partial charge in [-0.15, -0.1) is 0 Å². The van der Waals surface area contributed by atoms with Crippen LogP contribution in [0, 0.1) is 0 Å². The molecule has 4 N–H and O–H groups in total. The first kappa shape index (κ1) is 55.5. The number of Topliss-reactive ketones (excluding diaryl/α,β-unsaturated/α-hetero) is 2. The third-order valence-corrected chi connectivity index (χ3v) is 10.5. The van der Waals surface area contributed by atoms with Crippen LogP contribution in [-0.4, -0.2) is 76.2 Å². The molecule has 0 aromatic heterocycles. The number of phenols is 2. The number of carbonyl (C=O) groups is 8. The summed E-state index contributed by atoms with van der Waals surface area (Å²) in [4.78, 5) is 96.1. The predicted octanol–water partition coefficient (Wildman–Crippen LogP) is 6.96. The second-order valence-electron chi connectivity index (χ2n) is 16.5. The number of rotatable bonds is 25. The fourth-order valence-corrected chi connectivity index (χ4v) is 6.61. The van der Waals surface area contributed by atoms with Crippen molar-refractivity contribution in [1.82, 2.24) is 10.6 Å². The van der Waals surface area contributed by atoms with Gasteiger partial charge in [0, 0.05) is 38.5 Å². The lowest BCUT2D eigenvalue weighted by Gasteiger charge is -2.18. The highest BCUT2D eigenvalue weighted by molar-refractivity contribution is 5.86. The Morgan fingerprint density at radius 1 is 0.451 bits per heavy atom. The largest absolute Gasteiger partial charge is 0.508 e. The number of phenolic OH excluding ortho intramolecular Hbond substituents is 2. The van der Waals surface area contributed by atoms with Crippen molar-refractivity contribution in [2.75, 3.05) is 6.61 Å². The molecule has 374 valence electrons. The molecule has 0 bridgehead atoms. The van der Waals surface area contributed by atoms with Gasteiger partial charge in [0.15, 0.2) is 0 Å². The minimum absolute atomic E-state index is 0.00257. The van der Waals surface area contributed by atoms with E-state index >= 15 is 0 Å². The summed E-state index contributed by atoms with van der Waals surface area (Å²) >= 11 is 0. The maximum Gasteiger partial charge on any atom is 0.329 e. The standard InChI is InChI=1S/C30H31NO7.C25H29NO7/c1-21(32)7-18-29(35)38-26-15-10-23(11-16-26)19-27(30(36)37-20-24-5-3-2-4-6-24)31-28(34)17-12-22-8-13-25(33)14-9-22;1-3-32-25(31)22(26-23(29)14-9-18-5-10-20(28)11-6-18)16-19-7-12-21(13-8-19)33-24(30)15-4-17(2)27/h2-6,8-11,13-16,27,33H,7,12,17-20H2,1H3,(H,31,34);5-8,10-13,22,28H,3-4,9,14-16H2,1-2H3,(H,26,29). The topological polar surface area (TPSA) is 238 Å². The average molecular weight is 973 g/mol. The third-order valence-electron chi connectivity index (χ3n) is 10.5. The molecule has 2 amide bonds. The van der Waals surface area contributed by atoms with Crippen LogP contribution in [0.5, 0.6) is 23.0 Å². The van der Waals surface area contributed by atoms with E-state index in [0.717, 1.165) is 27.8 Å². The Kier molecular flexibility index (Phi) is 23.2. The molecular formula is C55H60N2O14. The molecule has 0 aliphatic carbocycles. The number of hydrogen-bond acceptors (Lipinski definition) is 14. The normalized spacial score (nSPS) is 11.3. The zero-order chi connectivity index (χ0) is 51.5. The highest BCUT2D eigenvalue weighted by atomic mass is 16.5. The van der Waals surface area contributed by atoms with Crippen LogP contribution < -0.4 is 20.1 Å². The van der Waals surface area contributed by atoms with Crippen LogP contribution in [-0.2, 0) is 80.1 Å². The first-order valence-electron chi connectivity index (χ1n) is 23.1. The monoisotopic (exact) mass is 972 g/mol. The minimum Gasteiger partial charge on any atom is -0.508 e. The van der Waals surface area contributed by atoms with Gasteiger partial charge in [0.25, 0.3) is 0 Å². The summed E-state index contributed by atoms with van der Waals surface area (Å²) < 4.78 is 21.0. The Morgan fingerprint density at radius 3 is 1.21 bits per heavy atom. The summed E-state index contributed by atoms with van der Waals surface area (Å²) in [5.74, 6) is -1.92. The van der Waals surface area contributed by atoms with Gasteiger partial charge in [-0.3, -0.25) is 19.2 Å². The van der Waals surface area contributed by atoms with Gasteiger partial charge in [0.2, 0.25) is 11.8 Å². The zero-order valence-corrected chi connectivity index (χ0v) is 40.1. The summed E-state index contributed by atoms with van der Waals surface area (Å²) in [5.41, 5.74) is 4.08. The summed E-state index contributed by atoms with van der Waals surface area (Å²) in [6.07, 6.45) is 1.89. The fourth-order valence-electron chi connectivity index (χ4n) is 6.61. The van der Waals surface area contributed by atoms with Gasteiger partial charge in [-0.1, -0.05) is 78.9 Å². The summed E-state index contributed by atoms with van der Waals surface area (Å²) in [6, 6.07) is 33.8. The molecule has 0 radical (unpaired) electrons. The molecule has 0 saturated carbocycles. The van der Waals surface area contributed by atoms with Crippen molar-refractivity contribution in [2.24, 2.45) is 0 Å². The maximum absolute atomic E-state index is 12.9. The molecule has 5 aromatic rings. The summed E-state index contributed by atoms with van der Waals surface area (Å²) in [6.45, 7) is 4.78. The van der Waals surface area contributed by atoms with E-state index in [-0.39, 0.29) is 99.5 Å². The van der Waals surface area contributed by atoms with Gasteiger partial charge in [-0.2, -0.15) is 0 Å². The summed E-state index contributed by atoms with van der Waals surface area (Å²) in [5, 5.41) is 24.3. The average Bonchev–Trinajstić information content (AvgIpc) is 3.35. The SMILES string of the molecule is CC(=O)CCC(=O)Oc1ccc(CC(NC(=O)CCc2ccc(O)cc2)C(=O)OCc2ccccc2)cc1.CCOC(=O)C(Cc1ccc(OC(=O)CCC(C)=O)cc1)NC(=O)CCc1ccc(O)cc1. The number of aromatic hydroxyl groups is 2. The fraction of sp³-hybridized carbons (Fsp3) is 0.309. The Labute approximate surface area is 412 Å². The Bertz CT molecular complexity index is 2530. The van der Waals surface area contributed by atoms with Crippen molar-refractivity contribution in [3.05, 3.63) is 155 Å². The number of nitrogens with one attached hydrogen (secondary N) is 2. The van der Waals surface area contributed by atoms with E-state index in [4.69, 9.17) is 18.9 Å². The predicted molar refractivity (Wildman–Crippen MR) is 261 cm³/mol. The third kappa shape index (κ3) is 22.2. The lowest BCUT2D eigenvalue weighted by Crippen LogP contribution is -2.43. The first-order valence-corrected chi connectivity index (χ1v) is 23.1. The number of ketones is 2. The molecule has 0 fully saturated rings. The zero-order valence-electron chi connectivity index (χ0n) is 40.1. The first-order chi connectivity index (χ1) is 34.0. The highest BCUT2D eigenvalue weighted by Gasteiger charge is 2.24. The van der Waals surface area contributed by atoms with Crippen LogP contribution in [0.4, 0.5) is 0 Å². The van der Waals surface area contributed by atoms with Crippen LogP contribution in [0.2, 0.25) is 0 Å². The number of hydrogen-bond donors (Lipinski definition) is 4. The van der Waals surface area contributed by atoms with Crippen molar-refractivity contribution in [2.45, 2.75) is 104 Å². The van der Waals surface area contributed by atoms with Crippen molar-refractivity contribution >= 4 is 47.3 Å². The molecule has 0 heterocycles. The van der Waals surface area contributed by atoms with E-state index in [1.807, 2.05) is 30.3 Å². The lowest BCUT2D eigenvalue weighted by atomic mass is 10.0. The van der Waals surface area contributed by atoms with Gasteiger partial charge >= 0.3 is 23.9 Å². The molecule has 0 spiro atoms. The molecule has 0 aliphatic rings. The van der Waals surface area contributed by atoms with Crippen molar-refractivity contribution in [3.63, 3.8) is 0 Å². The van der Waals surface area contributed by atoms with E-state index in [9.17, 15) is 48.6 Å². The van der Waals surface area contributed by atoms with Gasteiger partial charge in [-0.25, -0.2) is 9.59 Å². The number of esters is 4. The Morgan fingerprint density at radius 2 is 0.831 bits per heavy atom. The van der Waals surface area contributed by atoms with Crippen LogP contribution in [0.25, 0.3) is 0 Å². The minimum atomic E-state index is -0.921.